The molecule has 1 aliphatic carbocycles. The lowest BCUT2D eigenvalue weighted by Crippen LogP contribution is -2.25. The van der Waals surface area contributed by atoms with Crippen molar-refractivity contribution in [1.82, 2.24) is 4.90 Å². The highest BCUT2D eigenvalue weighted by molar-refractivity contribution is 5.28. The van der Waals surface area contributed by atoms with E-state index >= 15 is 0 Å². The predicted octanol–water partition coefficient (Wildman–Crippen LogP) is 1.94. The van der Waals surface area contributed by atoms with Crippen LogP contribution in [0, 0.1) is 31.6 Å². The van der Waals surface area contributed by atoms with Crippen molar-refractivity contribution in [3.8, 4) is 0 Å². The predicted molar refractivity (Wildman–Crippen MR) is 70.7 cm³/mol. The molecule has 17 heavy (non-hydrogen) atoms. The summed E-state index contributed by atoms with van der Waals surface area (Å²) in [4.78, 5) is 2.59. The quantitative estimate of drug-likeness (QED) is 0.860. The van der Waals surface area contributed by atoms with E-state index in [1.165, 1.54) is 29.8 Å². The van der Waals surface area contributed by atoms with Gasteiger partial charge in [-0.1, -0.05) is 29.3 Å². The topological polar surface area (TPSA) is 29.3 Å². The summed E-state index contributed by atoms with van der Waals surface area (Å²) in [6.45, 7) is 8.91. The van der Waals surface area contributed by atoms with Crippen LogP contribution in [0.3, 0.4) is 0 Å². The first-order chi connectivity index (χ1) is 8.17. The molecule has 1 aromatic rings. The number of nitrogens with two attached hydrogens (primary N) is 1. The minimum Gasteiger partial charge on any atom is -0.330 e. The number of aryl methyl sites for hydroxylation is 2. The molecule has 1 heterocycles. The minimum atomic E-state index is 0.838. The maximum absolute atomic E-state index is 5.74. The first-order valence-electron chi connectivity index (χ1n) is 6.67. The van der Waals surface area contributed by atoms with Gasteiger partial charge in [0, 0.05) is 19.6 Å². The van der Waals surface area contributed by atoms with Crippen LogP contribution >= 0.6 is 0 Å². The van der Waals surface area contributed by atoms with Crippen LogP contribution < -0.4 is 5.73 Å². The second-order valence-corrected chi connectivity index (χ2v) is 5.92. The molecule has 2 nitrogen and oxygen atoms in total. The van der Waals surface area contributed by atoms with Crippen LogP contribution in [0.25, 0.3) is 0 Å². The molecule has 0 radical (unpaired) electrons. The molecule has 1 aliphatic heterocycles. The van der Waals surface area contributed by atoms with E-state index in [0.29, 0.717) is 0 Å². The highest BCUT2D eigenvalue weighted by atomic mass is 15.2. The number of hydrogen-bond donors (Lipinski definition) is 1. The number of piperidine rings is 1. The average molecular weight is 230 g/mol. The van der Waals surface area contributed by atoms with Gasteiger partial charge in [-0.3, -0.25) is 4.90 Å². The molecule has 2 heteroatoms. The molecular formula is C15H22N2. The van der Waals surface area contributed by atoms with Crippen molar-refractivity contribution in [2.24, 2.45) is 23.5 Å². The fourth-order valence-corrected chi connectivity index (χ4v) is 3.63. The van der Waals surface area contributed by atoms with Crippen molar-refractivity contribution in [1.29, 1.82) is 0 Å². The number of likely N-dealkylation sites (tertiary alicyclic amines) is 1. The maximum Gasteiger partial charge on any atom is 0.0234 e. The van der Waals surface area contributed by atoms with Gasteiger partial charge in [-0.05, 0) is 43.7 Å². The normalized spacial score (nSPS) is 31.6. The van der Waals surface area contributed by atoms with Crippen molar-refractivity contribution in [3.63, 3.8) is 0 Å². The van der Waals surface area contributed by atoms with E-state index in [1.54, 1.807) is 0 Å². The SMILES string of the molecule is Cc1cc(C)cc(CN2C[C@@H]3C(CN)[C@@H]3C2)c1. The number of benzene rings is 1. The van der Waals surface area contributed by atoms with Gasteiger partial charge in [0.25, 0.3) is 0 Å². The van der Waals surface area contributed by atoms with Crippen molar-refractivity contribution >= 4 is 0 Å². The summed E-state index contributed by atoms with van der Waals surface area (Å²) in [5.74, 6) is 2.65. The minimum absolute atomic E-state index is 0.838. The van der Waals surface area contributed by atoms with Crippen LogP contribution in [0.2, 0.25) is 0 Å². The summed E-state index contributed by atoms with van der Waals surface area (Å²) in [5, 5.41) is 0. The number of fused-ring (bicyclic) bond motifs is 1. The second kappa shape index (κ2) is 4.11. The molecule has 1 saturated heterocycles. The molecule has 2 aliphatic rings. The molecular weight excluding hydrogens is 208 g/mol. The zero-order valence-corrected chi connectivity index (χ0v) is 10.8. The smallest absolute Gasteiger partial charge is 0.0234 e. The Morgan fingerprint density at radius 3 is 2.24 bits per heavy atom. The van der Waals surface area contributed by atoms with E-state index in [-0.39, 0.29) is 0 Å². The van der Waals surface area contributed by atoms with Crippen molar-refractivity contribution in [2.45, 2.75) is 20.4 Å². The Hall–Kier alpha value is -0.860. The molecule has 3 rings (SSSR count). The Morgan fingerprint density at radius 2 is 1.71 bits per heavy atom. The summed E-state index contributed by atoms with van der Waals surface area (Å²) < 4.78 is 0. The summed E-state index contributed by atoms with van der Waals surface area (Å²) in [6.07, 6.45) is 0. The highest BCUT2D eigenvalue weighted by Gasteiger charge is 2.54. The van der Waals surface area contributed by atoms with Crippen LogP contribution in [0.5, 0.6) is 0 Å². The van der Waals surface area contributed by atoms with E-state index in [4.69, 9.17) is 5.73 Å². The number of nitrogens with zero attached hydrogens (tertiary/aromatic N) is 1. The Bertz CT molecular complexity index is 395. The second-order valence-electron chi connectivity index (χ2n) is 5.92. The van der Waals surface area contributed by atoms with Crippen LogP contribution in [0.15, 0.2) is 18.2 Å². The zero-order valence-electron chi connectivity index (χ0n) is 10.8. The van der Waals surface area contributed by atoms with Crippen LogP contribution in [-0.4, -0.2) is 24.5 Å². The van der Waals surface area contributed by atoms with Gasteiger partial charge in [-0.15, -0.1) is 0 Å². The standard InChI is InChI=1S/C15H22N2/c1-10-3-11(2)5-12(4-10)7-17-8-14-13(6-16)15(14)9-17/h3-5,13-15H,6-9,16H2,1-2H3/t13?,14-,15+. The van der Waals surface area contributed by atoms with Gasteiger partial charge < -0.3 is 5.73 Å². The molecule has 0 amide bonds. The Balaban J connectivity index is 1.62. The molecule has 0 spiro atoms. The van der Waals surface area contributed by atoms with Crippen molar-refractivity contribution < 1.29 is 0 Å². The lowest BCUT2D eigenvalue weighted by Gasteiger charge is -2.19. The van der Waals surface area contributed by atoms with E-state index in [9.17, 15) is 0 Å². The summed E-state index contributed by atoms with van der Waals surface area (Å²) in [7, 11) is 0. The molecule has 2 N–H and O–H groups in total. The lowest BCUT2D eigenvalue weighted by molar-refractivity contribution is 0.279. The molecule has 92 valence electrons. The Morgan fingerprint density at radius 1 is 1.12 bits per heavy atom. The van der Waals surface area contributed by atoms with Gasteiger partial charge in [0.05, 0.1) is 0 Å². The third-order valence-electron chi connectivity index (χ3n) is 4.41. The largest absolute Gasteiger partial charge is 0.330 e. The van der Waals surface area contributed by atoms with Gasteiger partial charge >= 0.3 is 0 Å². The monoisotopic (exact) mass is 230 g/mol. The van der Waals surface area contributed by atoms with Gasteiger partial charge in [0.2, 0.25) is 0 Å². The fourth-order valence-electron chi connectivity index (χ4n) is 3.63. The third kappa shape index (κ3) is 2.12. The summed E-state index contributed by atoms with van der Waals surface area (Å²) in [5.41, 5.74) is 9.97. The van der Waals surface area contributed by atoms with Gasteiger partial charge in [-0.25, -0.2) is 0 Å². The summed E-state index contributed by atoms with van der Waals surface area (Å²) in [6, 6.07) is 6.88. The fraction of sp³-hybridized carbons (Fsp3) is 0.600. The maximum atomic E-state index is 5.74. The van der Waals surface area contributed by atoms with Crippen LogP contribution in [0.1, 0.15) is 16.7 Å². The first kappa shape index (κ1) is 11.2. The van der Waals surface area contributed by atoms with Gasteiger partial charge in [0.1, 0.15) is 0 Å². The molecule has 1 saturated carbocycles. The van der Waals surface area contributed by atoms with Gasteiger partial charge in [0.15, 0.2) is 0 Å². The molecule has 1 aromatic carbocycles. The van der Waals surface area contributed by atoms with E-state index in [2.05, 4.69) is 36.9 Å². The Kier molecular flexibility index (Phi) is 2.72. The first-order valence-corrected chi connectivity index (χ1v) is 6.67. The Labute approximate surface area is 104 Å². The van der Waals surface area contributed by atoms with Crippen LogP contribution in [0.4, 0.5) is 0 Å². The molecule has 0 aromatic heterocycles. The van der Waals surface area contributed by atoms with Gasteiger partial charge in [-0.2, -0.15) is 0 Å². The van der Waals surface area contributed by atoms with Crippen LogP contribution in [-0.2, 0) is 6.54 Å². The molecule has 3 atom stereocenters. The highest BCUT2D eigenvalue weighted by Crippen LogP contribution is 2.51. The zero-order chi connectivity index (χ0) is 12.0. The third-order valence-corrected chi connectivity index (χ3v) is 4.41. The van der Waals surface area contributed by atoms with E-state index in [1.807, 2.05) is 0 Å². The van der Waals surface area contributed by atoms with Crippen molar-refractivity contribution in [3.05, 3.63) is 34.9 Å². The lowest BCUT2D eigenvalue weighted by atomic mass is 10.1. The number of rotatable bonds is 3. The average Bonchev–Trinajstić information content (AvgIpc) is 2.72. The molecule has 1 unspecified atom stereocenters. The van der Waals surface area contributed by atoms with E-state index in [0.717, 1.165) is 30.8 Å². The van der Waals surface area contributed by atoms with Crippen molar-refractivity contribution in [2.75, 3.05) is 19.6 Å². The molecule has 0 bridgehead atoms. The van der Waals surface area contributed by atoms with E-state index < -0.39 is 0 Å². The molecule has 2 fully saturated rings. The number of hydrogen-bond acceptors (Lipinski definition) is 2. The summed E-state index contributed by atoms with van der Waals surface area (Å²) >= 11 is 0.